The third-order valence-electron chi connectivity index (χ3n) is 5.47. The first kappa shape index (κ1) is 15.6. The maximum atomic E-state index is 12.4. The van der Waals surface area contributed by atoms with Crippen molar-refractivity contribution in [2.45, 2.75) is 19.8 Å². The van der Waals surface area contributed by atoms with Gasteiger partial charge in [0.1, 0.15) is 0 Å². The van der Waals surface area contributed by atoms with E-state index < -0.39 is 0 Å². The molecule has 0 aliphatic carbocycles. The highest BCUT2D eigenvalue weighted by molar-refractivity contribution is 5.93. The maximum Gasteiger partial charge on any atom is 0.269 e. The van der Waals surface area contributed by atoms with Crippen molar-refractivity contribution in [1.82, 2.24) is 25.6 Å². The second-order valence-corrected chi connectivity index (χ2v) is 7.25. The van der Waals surface area contributed by atoms with Gasteiger partial charge in [-0.05, 0) is 24.1 Å². The van der Waals surface area contributed by atoms with Crippen molar-refractivity contribution in [2.24, 2.45) is 5.41 Å². The van der Waals surface area contributed by atoms with Crippen LogP contribution in [0.4, 0.5) is 0 Å². The second-order valence-electron chi connectivity index (χ2n) is 7.25. The highest BCUT2D eigenvalue weighted by Gasteiger charge is 2.47. The minimum atomic E-state index is -0.107. The Morgan fingerprint density at radius 3 is 2.50 bits per heavy atom. The van der Waals surface area contributed by atoms with Gasteiger partial charge in [-0.25, -0.2) is 0 Å². The van der Waals surface area contributed by atoms with E-state index >= 15 is 0 Å². The minimum Gasteiger partial charge on any atom is -0.302 e. The number of amides is 1. The van der Waals surface area contributed by atoms with Crippen LogP contribution >= 0.6 is 0 Å². The van der Waals surface area contributed by atoms with Crippen molar-refractivity contribution in [3.63, 3.8) is 0 Å². The minimum absolute atomic E-state index is 0.107. The van der Waals surface area contributed by atoms with Gasteiger partial charge in [0.2, 0.25) is 0 Å². The lowest BCUT2D eigenvalue weighted by molar-refractivity contribution is 0.0901. The predicted molar refractivity (Wildman–Crippen MR) is 92.1 cm³/mol. The van der Waals surface area contributed by atoms with Gasteiger partial charge in [0.15, 0.2) is 0 Å². The van der Waals surface area contributed by atoms with Crippen LogP contribution in [-0.2, 0) is 0 Å². The molecule has 0 saturated carbocycles. The molecule has 2 N–H and O–H groups in total. The molecule has 4 bridgehead atoms. The van der Waals surface area contributed by atoms with Crippen molar-refractivity contribution in [1.29, 1.82) is 0 Å². The quantitative estimate of drug-likeness (QED) is 0.790. The Morgan fingerprint density at radius 1 is 1.21 bits per heavy atom. The third kappa shape index (κ3) is 2.70. The fourth-order valence-electron chi connectivity index (χ4n) is 4.58. The first-order valence-corrected chi connectivity index (χ1v) is 8.84. The summed E-state index contributed by atoms with van der Waals surface area (Å²) in [7, 11) is 0. The molecule has 2 unspecified atom stereocenters. The van der Waals surface area contributed by atoms with Gasteiger partial charge in [0, 0.05) is 68.3 Å². The molecule has 128 valence electrons. The summed E-state index contributed by atoms with van der Waals surface area (Å²) in [5.74, 6) is -0.107. The van der Waals surface area contributed by atoms with E-state index in [2.05, 4.69) is 32.6 Å². The summed E-state index contributed by atoms with van der Waals surface area (Å²) in [6.07, 6.45) is 5.58. The largest absolute Gasteiger partial charge is 0.302 e. The number of hydrogen-bond acceptors (Lipinski definition) is 5. The third-order valence-corrected chi connectivity index (χ3v) is 5.47. The standard InChI is InChI=1S/C18H25N5O/c1-2-5-18-12-22-8-9-23(13-18)11-15(10-22)16(18)20-21-17(24)14-3-6-19-7-4-14/h3-4,6-7,20H,2,5,8-13H2,1H3,(H,21,24). The molecule has 4 aliphatic rings. The molecule has 0 radical (unpaired) electrons. The predicted octanol–water partition coefficient (Wildman–Crippen LogP) is 1.00. The van der Waals surface area contributed by atoms with Crippen LogP contribution in [0.5, 0.6) is 0 Å². The highest BCUT2D eigenvalue weighted by atomic mass is 16.2. The van der Waals surface area contributed by atoms with Crippen molar-refractivity contribution < 1.29 is 4.79 Å². The zero-order chi connectivity index (χ0) is 16.6. The number of carbonyl (C=O) groups is 1. The molecular weight excluding hydrogens is 302 g/mol. The molecule has 2 fully saturated rings. The van der Waals surface area contributed by atoms with Crippen LogP contribution in [0.2, 0.25) is 0 Å². The molecule has 4 aliphatic heterocycles. The molecular formula is C18H25N5O. The second kappa shape index (κ2) is 6.18. The van der Waals surface area contributed by atoms with Crippen molar-refractivity contribution in [3.05, 3.63) is 41.4 Å². The fourth-order valence-corrected chi connectivity index (χ4v) is 4.58. The van der Waals surface area contributed by atoms with Gasteiger partial charge in [-0.2, -0.15) is 0 Å². The maximum absolute atomic E-state index is 12.4. The molecule has 6 heteroatoms. The van der Waals surface area contributed by atoms with Crippen LogP contribution in [0, 0.1) is 5.41 Å². The molecule has 1 aromatic heterocycles. The Hall–Kier alpha value is -1.92. The topological polar surface area (TPSA) is 60.5 Å². The van der Waals surface area contributed by atoms with Crippen molar-refractivity contribution >= 4 is 5.91 Å². The van der Waals surface area contributed by atoms with Gasteiger partial charge in [0.25, 0.3) is 5.91 Å². The lowest BCUT2D eigenvalue weighted by atomic mass is 9.73. The number of nitrogens with one attached hydrogen (secondary N) is 2. The van der Waals surface area contributed by atoms with E-state index in [4.69, 9.17) is 0 Å². The number of carbonyl (C=O) groups excluding carboxylic acids is 1. The summed E-state index contributed by atoms with van der Waals surface area (Å²) < 4.78 is 0. The van der Waals surface area contributed by atoms with E-state index in [1.807, 2.05) is 0 Å². The molecule has 2 atom stereocenters. The Kier molecular flexibility index (Phi) is 4.02. The normalized spacial score (nSPS) is 31.0. The van der Waals surface area contributed by atoms with Crippen molar-refractivity contribution in [3.8, 4) is 0 Å². The molecule has 2 saturated heterocycles. The molecule has 6 nitrogen and oxygen atoms in total. The van der Waals surface area contributed by atoms with Gasteiger partial charge >= 0.3 is 0 Å². The van der Waals surface area contributed by atoms with E-state index in [0.717, 1.165) is 52.1 Å². The van der Waals surface area contributed by atoms with Gasteiger partial charge in [-0.3, -0.25) is 25.0 Å². The lowest BCUT2D eigenvalue weighted by Gasteiger charge is -2.48. The van der Waals surface area contributed by atoms with E-state index in [1.54, 1.807) is 24.5 Å². The first-order valence-electron chi connectivity index (χ1n) is 8.84. The molecule has 1 amide bonds. The summed E-state index contributed by atoms with van der Waals surface area (Å²) >= 11 is 0. The molecule has 5 rings (SSSR count). The first-order chi connectivity index (χ1) is 11.7. The molecule has 0 aromatic carbocycles. The van der Waals surface area contributed by atoms with Gasteiger partial charge in [-0.15, -0.1) is 0 Å². The average molecular weight is 327 g/mol. The van der Waals surface area contributed by atoms with E-state index in [-0.39, 0.29) is 11.3 Å². The Labute approximate surface area is 142 Å². The number of pyridine rings is 1. The number of rotatable bonds is 5. The van der Waals surface area contributed by atoms with Crippen molar-refractivity contribution in [2.75, 3.05) is 39.3 Å². The molecule has 0 spiro atoms. The number of aromatic nitrogens is 1. The summed E-state index contributed by atoms with van der Waals surface area (Å²) in [4.78, 5) is 21.5. The fraction of sp³-hybridized carbons (Fsp3) is 0.556. The average Bonchev–Trinajstić information content (AvgIpc) is 2.83. The van der Waals surface area contributed by atoms with Crippen LogP contribution in [0.25, 0.3) is 0 Å². The SMILES string of the molecule is CCCC12CN3CCN(CC(=C1NNC(=O)c1ccncc1)C3)C2. The summed E-state index contributed by atoms with van der Waals surface area (Å²) in [5, 5.41) is 0. The van der Waals surface area contributed by atoms with E-state index in [0.29, 0.717) is 5.56 Å². The Bertz CT molecular complexity index is 639. The summed E-state index contributed by atoms with van der Waals surface area (Å²) in [5.41, 5.74) is 9.70. The molecule has 5 heterocycles. The van der Waals surface area contributed by atoms with Gasteiger partial charge in [-0.1, -0.05) is 13.3 Å². The van der Waals surface area contributed by atoms with E-state index in [9.17, 15) is 4.79 Å². The summed E-state index contributed by atoms with van der Waals surface area (Å²) in [6, 6.07) is 3.46. The smallest absolute Gasteiger partial charge is 0.269 e. The van der Waals surface area contributed by atoms with Crippen LogP contribution in [0.3, 0.4) is 0 Å². The zero-order valence-corrected chi connectivity index (χ0v) is 14.2. The highest BCUT2D eigenvalue weighted by Crippen LogP contribution is 2.43. The monoisotopic (exact) mass is 327 g/mol. The van der Waals surface area contributed by atoms with E-state index in [1.165, 1.54) is 11.3 Å². The number of nitrogens with zero attached hydrogens (tertiary/aromatic N) is 3. The molecule has 1 aromatic rings. The van der Waals surface area contributed by atoms with Gasteiger partial charge in [0.05, 0.1) is 0 Å². The van der Waals surface area contributed by atoms with Crippen LogP contribution < -0.4 is 10.9 Å². The molecule has 24 heavy (non-hydrogen) atoms. The van der Waals surface area contributed by atoms with Crippen LogP contribution in [-0.4, -0.2) is 60.0 Å². The summed E-state index contributed by atoms with van der Waals surface area (Å²) in [6.45, 7) is 8.79. The van der Waals surface area contributed by atoms with Crippen LogP contribution in [0.15, 0.2) is 35.8 Å². The lowest BCUT2D eigenvalue weighted by Crippen LogP contribution is -2.57. The zero-order valence-electron chi connectivity index (χ0n) is 14.2. The van der Waals surface area contributed by atoms with Gasteiger partial charge < -0.3 is 5.43 Å². The van der Waals surface area contributed by atoms with Crippen LogP contribution in [0.1, 0.15) is 30.1 Å². The number of fused-ring (bicyclic) bond motifs is 1. The Morgan fingerprint density at radius 2 is 1.88 bits per heavy atom. The number of hydrogen-bond donors (Lipinski definition) is 2. The number of hydrazine groups is 1. The Balaban J connectivity index is 1.57.